The predicted molar refractivity (Wildman–Crippen MR) is 266 cm³/mol. The molecule has 0 radical (unpaired) electrons. The quantitative estimate of drug-likeness (QED) is 0.0641. The van der Waals surface area contributed by atoms with E-state index in [2.05, 4.69) is 77.8 Å². The topological polar surface area (TPSA) is 311 Å². The molecular weight excluding hydrogens is 989 g/mol. The molecule has 6 atom stereocenters. The highest BCUT2D eigenvalue weighted by Gasteiger charge is 2.33. The molecule has 70 heavy (non-hydrogen) atoms. The smallest absolute Gasteiger partial charge is 0.329 e. The highest BCUT2D eigenvalue weighted by atomic mass is 32.2. The van der Waals surface area contributed by atoms with Crippen molar-refractivity contribution in [1.82, 2.24) is 52.5 Å². The summed E-state index contributed by atoms with van der Waals surface area (Å²) in [4.78, 5) is 143. The van der Waals surface area contributed by atoms with Crippen LogP contribution in [0.1, 0.15) is 21.0 Å². The number of fused-ring (bicyclic) bond motifs is 2. The Morgan fingerprint density at radius 2 is 0.943 bits per heavy atom. The molecule has 0 aliphatic carbocycles. The lowest BCUT2D eigenvalue weighted by Gasteiger charge is -2.24. The van der Waals surface area contributed by atoms with Gasteiger partial charge in [0, 0.05) is 33.8 Å². The molecule has 26 heteroatoms. The summed E-state index contributed by atoms with van der Waals surface area (Å²) < 4.78 is 10.9. The minimum absolute atomic E-state index is 0.0530. The average Bonchev–Trinajstić information content (AvgIpc) is 3.36. The van der Waals surface area contributed by atoms with Crippen molar-refractivity contribution in [2.75, 3.05) is 61.8 Å². The molecule has 4 aromatic rings. The molecule has 1 aliphatic heterocycles. The van der Waals surface area contributed by atoms with Crippen molar-refractivity contribution in [2.45, 2.75) is 36.3 Å². The van der Waals surface area contributed by atoms with Gasteiger partial charge in [0.15, 0.2) is 0 Å². The number of carbonyl (C=O) groups excluding carboxylic acids is 10. The van der Waals surface area contributed by atoms with Gasteiger partial charge in [0.25, 0.3) is 11.8 Å². The largest absolute Gasteiger partial charge is 0.461 e. The van der Waals surface area contributed by atoms with E-state index < -0.39 is 122 Å². The number of thiol groups is 2. The number of nitrogens with zero attached hydrogens (tertiary/aromatic N) is 2. The maximum Gasteiger partial charge on any atom is 0.329 e. The highest BCUT2D eigenvalue weighted by Crippen LogP contribution is 2.14. The van der Waals surface area contributed by atoms with Gasteiger partial charge in [-0.3, -0.25) is 38.4 Å². The van der Waals surface area contributed by atoms with Crippen LogP contribution < -0.4 is 42.5 Å². The number of amides is 8. The fraction of sp³-hybridized carbons (Fsp3) is 0.364. The third kappa shape index (κ3) is 15.7. The first-order valence-electron chi connectivity index (χ1n) is 21.3. The summed E-state index contributed by atoms with van der Waals surface area (Å²) in [7, 11) is 0. The molecular formula is C44H50N10O12S4. The van der Waals surface area contributed by atoms with Crippen LogP contribution in [0.4, 0.5) is 0 Å². The number of benzene rings is 2. The number of esters is 2. The summed E-state index contributed by atoms with van der Waals surface area (Å²) in [5, 5.41) is 20.8. The first kappa shape index (κ1) is 54.3. The minimum Gasteiger partial charge on any atom is -0.461 e. The number of ether oxygens (including phenoxy) is 2. The second kappa shape index (κ2) is 26.9. The Hall–Kier alpha value is -6.64. The molecule has 22 nitrogen and oxygen atoms in total. The van der Waals surface area contributed by atoms with Gasteiger partial charge in [0.2, 0.25) is 35.4 Å². The Labute approximate surface area is 420 Å². The van der Waals surface area contributed by atoms with Crippen molar-refractivity contribution < 1.29 is 57.4 Å². The molecule has 3 heterocycles. The third-order valence-corrected chi connectivity index (χ3v) is 12.1. The monoisotopic (exact) mass is 1040 g/mol. The van der Waals surface area contributed by atoms with E-state index in [-0.39, 0.29) is 34.4 Å². The summed E-state index contributed by atoms with van der Waals surface area (Å²) in [5.74, 6) is -9.98. The van der Waals surface area contributed by atoms with Crippen LogP contribution in [0, 0.1) is 0 Å². The first-order valence-corrected chi connectivity index (χ1v) is 25.3. The Morgan fingerprint density at radius 3 is 1.31 bits per heavy atom. The van der Waals surface area contributed by atoms with E-state index in [9.17, 15) is 47.9 Å². The Bertz CT molecular complexity index is 2440. The number of carbonyl (C=O) groups is 10. The van der Waals surface area contributed by atoms with Gasteiger partial charge < -0.3 is 52.0 Å². The summed E-state index contributed by atoms with van der Waals surface area (Å²) >= 11 is 10.6. The van der Waals surface area contributed by atoms with E-state index in [1.54, 1.807) is 73.2 Å². The summed E-state index contributed by atoms with van der Waals surface area (Å²) in [6, 6.07) is 11.3. The zero-order chi connectivity index (χ0) is 50.7. The van der Waals surface area contributed by atoms with Gasteiger partial charge >= 0.3 is 11.9 Å². The van der Waals surface area contributed by atoms with Gasteiger partial charge in [0.05, 0.1) is 24.1 Å². The summed E-state index contributed by atoms with van der Waals surface area (Å²) in [6.07, 6.45) is 3.26. The molecule has 372 valence electrons. The van der Waals surface area contributed by atoms with Gasteiger partial charge in [-0.05, 0) is 36.8 Å². The molecule has 0 unspecified atom stereocenters. The number of para-hydroxylation sites is 2. The molecule has 1 saturated heterocycles. The molecule has 2 aromatic heterocycles. The number of pyridine rings is 2. The SMILES string of the molecule is CSC[C@@H]1NC(=O)[C@H](CS)NC(=O)CNC(=O)[C@H](NC(=O)c2ccc3ccccc3n2)COC(=O)[C@H](CSC)NC(=O)[C@H](CS)NC(=O)CNC(=O)[C@H](NC(=O)c2ccc3ccccc3n2)COC1=O. The van der Waals surface area contributed by atoms with E-state index in [1.807, 2.05) is 0 Å². The van der Waals surface area contributed by atoms with Gasteiger partial charge in [-0.15, -0.1) is 0 Å². The molecule has 2 aromatic carbocycles. The summed E-state index contributed by atoms with van der Waals surface area (Å²) in [6.45, 7) is -3.11. The number of nitrogens with one attached hydrogen (secondary N) is 8. The number of hydrogen-bond acceptors (Lipinski definition) is 18. The average molecular weight is 1040 g/mol. The Balaban J connectivity index is 1.39. The molecule has 5 rings (SSSR count). The fourth-order valence-corrected chi connectivity index (χ4v) is 8.04. The normalized spacial score (nSPS) is 21.9. The molecule has 1 aliphatic rings. The lowest BCUT2D eigenvalue weighted by molar-refractivity contribution is -0.149. The van der Waals surface area contributed by atoms with Gasteiger partial charge in [-0.1, -0.05) is 48.5 Å². The molecule has 1 fully saturated rings. The number of thioether (sulfide) groups is 2. The van der Waals surface area contributed by atoms with Crippen LogP contribution in [0.15, 0.2) is 72.8 Å². The van der Waals surface area contributed by atoms with Crippen LogP contribution in [-0.2, 0) is 47.8 Å². The van der Waals surface area contributed by atoms with Crippen molar-refractivity contribution in [2.24, 2.45) is 0 Å². The number of rotatable bonds is 10. The van der Waals surface area contributed by atoms with E-state index in [4.69, 9.17) is 9.47 Å². The van der Waals surface area contributed by atoms with Crippen LogP contribution >= 0.6 is 48.8 Å². The van der Waals surface area contributed by atoms with E-state index in [0.717, 1.165) is 34.3 Å². The number of aromatic nitrogens is 2. The van der Waals surface area contributed by atoms with Crippen LogP contribution in [0.3, 0.4) is 0 Å². The van der Waals surface area contributed by atoms with Crippen molar-refractivity contribution >= 4 is 130 Å². The Kier molecular flexibility index (Phi) is 20.9. The number of cyclic esters (lactones) is 2. The van der Waals surface area contributed by atoms with Crippen molar-refractivity contribution in [3.63, 3.8) is 0 Å². The van der Waals surface area contributed by atoms with Gasteiger partial charge in [-0.2, -0.15) is 48.8 Å². The zero-order valence-corrected chi connectivity index (χ0v) is 41.0. The lowest BCUT2D eigenvalue weighted by atomic mass is 10.2. The molecule has 8 N–H and O–H groups in total. The molecule has 8 amide bonds. The second-order valence-electron chi connectivity index (χ2n) is 15.2. The van der Waals surface area contributed by atoms with Crippen molar-refractivity contribution in [3.05, 3.63) is 84.2 Å². The van der Waals surface area contributed by atoms with Crippen LogP contribution in [-0.4, -0.2) is 167 Å². The number of hydrogen-bond donors (Lipinski definition) is 10. The fourth-order valence-electron chi connectivity index (χ4n) is 6.42. The maximum absolute atomic E-state index is 13.6. The van der Waals surface area contributed by atoms with Gasteiger partial charge in [0.1, 0.15) is 60.9 Å². The van der Waals surface area contributed by atoms with Crippen LogP contribution in [0.5, 0.6) is 0 Å². The van der Waals surface area contributed by atoms with E-state index in [1.165, 1.54) is 12.1 Å². The lowest BCUT2D eigenvalue weighted by Crippen LogP contribution is -2.57. The van der Waals surface area contributed by atoms with E-state index >= 15 is 0 Å². The highest BCUT2D eigenvalue weighted by molar-refractivity contribution is 7.98. The van der Waals surface area contributed by atoms with Crippen LogP contribution in [0.25, 0.3) is 21.8 Å². The zero-order valence-electron chi connectivity index (χ0n) is 37.6. The van der Waals surface area contributed by atoms with Crippen molar-refractivity contribution in [1.29, 1.82) is 0 Å². The minimum atomic E-state index is -1.63. The third-order valence-electron chi connectivity index (χ3n) is 10.1. The molecule has 0 spiro atoms. The summed E-state index contributed by atoms with van der Waals surface area (Å²) in [5.41, 5.74) is 0.767. The predicted octanol–water partition coefficient (Wildman–Crippen LogP) is -1.46. The van der Waals surface area contributed by atoms with Crippen molar-refractivity contribution in [3.8, 4) is 0 Å². The Morgan fingerprint density at radius 1 is 0.557 bits per heavy atom. The molecule has 0 bridgehead atoms. The second-order valence-corrected chi connectivity index (χ2v) is 17.7. The first-order chi connectivity index (χ1) is 33.6. The molecule has 0 saturated carbocycles. The van der Waals surface area contributed by atoms with E-state index in [0.29, 0.717) is 11.0 Å². The van der Waals surface area contributed by atoms with Gasteiger partial charge in [-0.25, -0.2) is 19.6 Å². The maximum atomic E-state index is 13.6. The standard InChI is InChI=1S/C44H50N10O12S4/c1-69-21-33-43(63)65-17-29(51-39(59)27-13-11-23-7-3-5-9-25(23)47-27)37(57)45-16-36(56)50-32(20-68)42(62)54-34(22-70-2)44(64)66-18-30(38(58)46-15-35(55)49-31(19-67)41(61)53-33)52-40(60)28-14-12-24-8-4-6-10-26(24)48-28/h3-14,29-34,67-68H,15-22H2,1-2H3,(H,45,57)(H,46,58)(H,49,55)(H,50,56)(H,51,59)(H,52,60)(H,53,61)(H,54,62)/t29-,30-,31+,32+,33+,34+/m1/s1. The van der Waals surface area contributed by atoms with Crippen LogP contribution in [0.2, 0.25) is 0 Å².